The zero-order valence-corrected chi connectivity index (χ0v) is 16.4. The van der Waals surface area contributed by atoms with E-state index in [0.717, 1.165) is 32.7 Å². The first-order chi connectivity index (χ1) is 13.9. The summed E-state index contributed by atoms with van der Waals surface area (Å²) in [5.41, 5.74) is 3.43. The van der Waals surface area contributed by atoms with Gasteiger partial charge in [-0.2, -0.15) is 0 Å². The first-order valence-corrected chi connectivity index (χ1v) is 9.42. The monoisotopic (exact) mass is 387 g/mol. The van der Waals surface area contributed by atoms with Crippen molar-refractivity contribution in [3.8, 4) is 11.6 Å². The van der Waals surface area contributed by atoms with Gasteiger partial charge in [-0.05, 0) is 42.7 Å². The molecule has 2 N–H and O–H groups in total. The summed E-state index contributed by atoms with van der Waals surface area (Å²) < 4.78 is 1.10. The number of hydrogen-bond acceptors (Lipinski definition) is 4. The summed E-state index contributed by atoms with van der Waals surface area (Å²) in [6.07, 6.45) is 1.58. The summed E-state index contributed by atoms with van der Waals surface area (Å²) in [7, 11) is 0. The van der Waals surface area contributed by atoms with Crippen molar-refractivity contribution in [2.45, 2.75) is 26.7 Å². The maximum atomic E-state index is 12.5. The van der Waals surface area contributed by atoms with E-state index < -0.39 is 17.1 Å². The van der Waals surface area contributed by atoms with Gasteiger partial charge in [0.25, 0.3) is 5.56 Å². The molecule has 0 bridgehead atoms. The van der Waals surface area contributed by atoms with E-state index in [1.807, 2.05) is 43.3 Å². The van der Waals surface area contributed by atoms with Crippen molar-refractivity contribution >= 4 is 23.0 Å². The smallest absolute Gasteiger partial charge is 0.335 e. The topological polar surface area (TPSA) is 87.4 Å². The molecule has 3 aromatic rings. The second kappa shape index (κ2) is 7.05. The summed E-state index contributed by atoms with van der Waals surface area (Å²) in [5, 5.41) is 10.8. The average molecular weight is 387 g/mol. The van der Waals surface area contributed by atoms with Gasteiger partial charge in [-0.3, -0.25) is 14.8 Å². The minimum absolute atomic E-state index is 0.0128. The molecule has 2 heterocycles. The van der Waals surface area contributed by atoms with Gasteiger partial charge in [0.2, 0.25) is 5.88 Å². The van der Waals surface area contributed by atoms with Crippen LogP contribution in [0, 0.1) is 0 Å². The molecule has 6 nitrogen and oxygen atoms in total. The van der Waals surface area contributed by atoms with Crippen LogP contribution in [0.4, 0.5) is 5.69 Å². The van der Waals surface area contributed by atoms with Crippen LogP contribution in [-0.2, 0) is 0 Å². The summed E-state index contributed by atoms with van der Waals surface area (Å²) >= 11 is 0. The quantitative estimate of drug-likeness (QED) is 0.712. The number of aliphatic imine (C=N–C) groups is 1. The Morgan fingerprint density at radius 2 is 1.76 bits per heavy atom. The van der Waals surface area contributed by atoms with Crippen molar-refractivity contribution < 1.29 is 5.11 Å². The lowest BCUT2D eigenvalue weighted by Crippen LogP contribution is -2.30. The van der Waals surface area contributed by atoms with Crippen molar-refractivity contribution in [1.82, 2.24) is 9.55 Å². The van der Waals surface area contributed by atoms with Crippen molar-refractivity contribution in [3.63, 3.8) is 0 Å². The minimum atomic E-state index is -0.691. The largest absolute Gasteiger partial charge is 0.494 e. The lowest BCUT2D eigenvalue weighted by molar-refractivity contribution is 0.429. The molecule has 0 saturated carbocycles. The third kappa shape index (κ3) is 3.23. The lowest BCUT2D eigenvalue weighted by Gasteiger charge is -2.12. The molecule has 1 aliphatic rings. The average Bonchev–Trinajstić information content (AvgIpc) is 3.00. The second-order valence-corrected chi connectivity index (χ2v) is 7.35. The zero-order chi connectivity index (χ0) is 20.7. The van der Waals surface area contributed by atoms with Crippen LogP contribution in [-0.4, -0.2) is 20.4 Å². The molecule has 0 aliphatic carbocycles. The standard InChI is InChI=1S/C23H21N3O3/c1-13(2)15-8-10-16(11-9-15)26-22(28)19(21(27)25-23(26)29)12-18-14(3)24-20-7-5-4-6-17(18)20/h4-13,28H,1-3H3,(H,25,27,29)/b18-12+. The summed E-state index contributed by atoms with van der Waals surface area (Å²) in [4.78, 5) is 31.7. The van der Waals surface area contributed by atoms with Crippen molar-refractivity contribution in [3.05, 3.63) is 86.1 Å². The van der Waals surface area contributed by atoms with Crippen LogP contribution in [0.5, 0.6) is 5.88 Å². The zero-order valence-electron chi connectivity index (χ0n) is 16.4. The molecule has 2 aromatic carbocycles. The van der Waals surface area contributed by atoms with Crippen molar-refractivity contribution in [1.29, 1.82) is 0 Å². The Hall–Kier alpha value is -3.67. The number of para-hydroxylation sites is 1. The maximum Gasteiger partial charge on any atom is 0.335 e. The molecule has 0 unspecified atom stereocenters. The highest BCUT2D eigenvalue weighted by Crippen LogP contribution is 2.36. The Morgan fingerprint density at radius 3 is 2.45 bits per heavy atom. The number of allylic oxidation sites excluding steroid dienone is 1. The second-order valence-electron chi connectivity index (χ2n) is 7.35. The van der Waals surface area contributed by atoms with E-state index in [1.165, 1.54) is 0 Å². The van der Waals surface area contributed by atoms with Gasteiger partial charge in [-0.15, -0.1) is 0 Å². The molecule has 146 valence electrons. The SMILES string of the molecule is CC1=Nc2ccccc2/C1=C/c1c(O)n(-c2ccc(C(C)C)cc2)c(=O)[nH]c1=O. The highest BCUT2D eigenvalue weighted by atomic mass is 16.3. The van der Waals surface area contributed by atoms with Crippen LogP contribution in [0.1, 0.15) is 43.4 Å². The normalized spacial score (nSPS) is 14.3. The van der Waals surface area contributed by atoms with E-state index in [9.17, 15) is 14.7 Å². The number of hydrogen-bond donors (Lipinski definition) is 2. The lowest BCUT2D eigenvalue weighted by atomic mass is 10.0. The molecule has 0 amide bonds. The van der Waals surface area contributed by atoms with E-state index in [1.54, 1.807) is 18.2 Å². The van der Waals surface area contributed by atoms with E-state index >= 15 is 0 Å². The molecule has 29 heavy (non-hydrogen) atoms. The van der Waals surface area contributed by atoms with Gasteiger partial charge in [-0.25, -0.2) is 9.36 Å². The Bertz CT molecular complexity index is 1280. The van der Waals surface area contributed by atoms with Gasteiger partial charge in [0, 0.05) is 16.8 Å². The predicted molar refractivity (Wildman–Crippen MR) is 115 cm³/mol. The molecule has 1 aromatic heterocycles. The van der Waals surface area contributed by atoms with Gasteiger partial charge >= 0.3 is 5.69 Å². The van der Waals surface area contributed by atoms with E-state index in [-0.39, 0.29) is 5.56 Å². The number of nitrogens with zero attached hydrogens (tertiary/aromatic N) is 2. The molecule has 0 fully saturated rings. The fraction of sp³-hybridized carbons (Fsp3) is 0.174. The van der Waals surface area contributed by atoms with E-state index in [0.29, 0.717) is 11.6 Å². The summed E-state index contributed by atoms with van der Waals surface area (Å²) in [6.45, 7) is 6.00. The Labute approximate surface area is 167 Å². The third-order valence-electron chi connectivity index (χ3n) is 5.10. The Balaban J connectivity index is 1.89. The van der Waals surface area contributed by atoms with Gasteiger partial charge in [0.15, 0.2) is 0 Å². The number of fused-ring (bicyclic) bond motifs is 1. The van der Waals surface area contributed by atoms with Crippen LogP contribution in [0.15, 0.2) is 63.1 Å². The summed E-state index contributed by atoms with van der Waals surface area (Å²) in [5.74, 6) is -0.0596. The highest BCUT2D eigenvalue weighted by Gasteiger charge is 2.20. The molecule has 6 heteroatoms. The molecule has 0 saturated heterocycles. The van der Waals surface area contributed by atoms with Gasteiger partial charge in [0.1, 0.15) is 5.56 Å². The number of H-pyrrole nitrogens is 1. The number of aromatic nitrogens is 2. The summed E-state index contributed by atoms with van der Waals surface area (Å²) in [6, 6.07) is 14.9. The number of rotatable bonds is 3. The fourth-order valence-corrected chi connectivity index (χ4v) is 3.48. The van der Waals surface area contributed by atoms with Gasteiger partial charge in [-0.1, -0.05) is 44.2 Å². The number of nitrogens with one attached hydrogen (secondary N) is 1. The molecule has 1 aliphatic heterocycles. The molecular formula is C23H21N3O3. The highest BCUT2D eigenvalue weighted by molar-refractivity contribution is 6.31. The van der Waals surface area contributed by atoms with Crippen LogP contribution in [0.3, 0.4) is 0 Å². The van der Waals surface area contributed by atoms with Gasteiger partial charge in [0.05, 0.1) is 11.4 Å². The minimum Gasteiger partial charge on any atom is -0.494 e. The molecule has 0 radical (unpaired) electrons. The predicted octanol–water partition coefficient (Wildman–Crippen LogP) is 4.00. The molecular weight excluding hydrogens is 366 g/mol. The van der Waals surface area contributed by atoms with Crippen LogP contribution in [0.2, 0.25) is 0 Å². The Kier molecular flexibility index (Phi) is 4.54. The maximum absolute atomic E-state index is 12.5. The van der Waals surface area contributed by atoms with Crippen LogP contribution in [0.25, 0.3) is 17.3 Å². The third-order valence-corrected chi connectivity index (χ3v) is 5.10. The van der Waals surface area contributed by atoms with Crippen LogP contribution < -0.4 is 11.2 Å². The first kappa shape index (κ1) is 18.7. The van der Waals surface area contributed by atoms with Crippen molar-refractivity contribution in [2.24, 2.45) is 4.99 Å². The van der Waals surface area contributed by atoms with Gasteiger partial charge < -0.3 is 5.11 Å². The van der Waals surface area contributed by atoms with E-state index in [2.05, 4.69) is 23.8 Å². The van der Waals surface area contributed by atoms with E-state index in [4.69, 9.17) is 0 Å². The fourth-order valence-electron chi connectivity index (χ4n) is 3.48. The Morgan fingerprint density at radius 1 is 1.07 bits per heavy atom. The molecule has 0 spiro atoms. The molecule has 0 atom stereocenters. The van der Waals surface area contributed by atoms with Crippen LogP contribution >= 0.6 is 0 Å². The van der Waals surface area contributed by atoms with Crippen molar-refractivity contribution in [2.75, 3.05) is 0 Å². The number of aromatic amines is 1. The number of benzene rings is 2. The molecule has 4 rings (SSSR count). The first-order valence-electron chi connectivity index (χ1n) is 9.42. The number of aromatic hydroxyl groups is 1.